The number of nitrogens with one attached hydrogen (secondary N) is 2. The highest BCUT2D eigenvalue weighted by molar-refractivity contribution is 5.82. The van der Waals surface area contributed by atoms with E-state index in [-0.39, 0.29) is 11.4 Å². The van der Waals surface area contributed by atoms with Crippen molar-refractivity contribution in [2.45, 2.75) is 6.92 Å². The van der Waals surface area contributed by atoms with E-state index in [2.05, 4.69) is 15.2 Å². The Morgan fingerprint density at radius 3 is 2.57 bits per heavy atom. The van der Waals surface area contributed by atoms with E-state index in [0.29, 0.717) is 17.0 Å². The van der Waals surface area contributed by atoms with Gasteiger partial charge in [-0.3, -0.25) is 14.3 Å². The van der Waals surface area contributed by atoms with Gasteiger partial charge >= 0.3 is 0 Å². The van der Waals surface area contributed by atoms with Crippen molar-refractivity contribution >= 4 is 5.65 Å². The topological polar surface area (TPSA) is 66.0 Å². The van der Waals surface area contributed by atoms with E-state index in [0.717, 1.165) is 16.9 Å². The van der Waals surface area contributed by atoms with Crippen LogP contribution in [-0.2, 0) is 0 Å². The molecule has 0 aliphatic heterocycles. The molecule has 5 nitrogen and oxygen atoms in total. The molecule has 3 heterocycles. The number of aromatic amines is 2. The van der Waals surface area contributed by atoms with Crippen LogP contribution >= 0.6 is 0 Å². The van der Waals surface area contributed by atoms with Crippen LogP contribution in [-0.4, -0.2) is 19.6 Å². The molecule has 0 atom stereocenters. The lowest BCUT2D eigenvalue weighted by molar-refractivity contribution is 0.628. The van der Waals surface area contributed by atoms with Crippen molar-refractivity contribution in [3.05, 3.63) is 70.5 Å². The molecule has 0 aliphatic rings. The third-order valence-electron chi connectivity index (χ3n) is 3.85. The predicted octanol–water partition coefficient (Wildman–Crippen LogP) is 3.13. The second-order valence-electron chi connectivity index (χ2n) is 5.32. The van der Waals surface area contributed by atoms with Crippen LogP contribution in [0.3, 0.4) is 0 Å². The maximum absolute atomic E-state index is 13.2. The minimum atomic E-state index is -0.310. The lowest BCUT2D eigenvalue weighted by Gasteiger charge is -2.04. The molecule has 0 unspecified atom stereocenters. The van der Waals surface area contributed by atoms with Gasteiger partial charge in [0, 0.05) is 17.5 Å². The Morgan fingerprint density at radius 2 is 1.87 bits per heavy atom. The summed E-state index contributed by atoms with van der Waals surface area (Å²) in [4.78, 5) is 16.9. The molecule has 6 heteroatoms. The number of imidazole rings is 1. The fourth-order valence-corrected chi connectivity index (χ4v) is 2.77. The van der Waals surface area contributed by atoms with Crippen LogP contribution in [0, 0.1) is 12.7 Å². The van der Waals surface area contributed by atoms with E-state index < -0.39 is 0 Å². The molecule has 0 radical (unpaired) electrons. The highest BCUT2D eigenvalue weighted by Gasteiger charge is 2.20. The zero-order chi connectivity index (χ0) is 16.0. The van der Waals surface area contributed by atoms with Crippen molar-refractivity contribution < 1.29 is 4.39 Å². The van der Waals surface area contributed by atoms with Gasteiger partial charge in [-0.2, -0.15) is 0 Å². The van der Waals surface area contributed by atoms with Crippen molar-refractivity contribution in [1.82, 2.24) is 19.6 Å². The summed E-state index contributed by atoms with van der Waals surface area (Å²) >= 11 is 0. The Kier molecular flexibility index (Phi) is 2.90. The second kappa shape index (κ2) is 4.95. The normalized spacial score (nSPS) is 11.2. The number of fused-ring (bicyclic) bond motifs is 1. The fourth-order valence-electron chi connectivity index (χ4n) is 2.77. The molecular formula is C17H13FN4O. The molecule has 0 saturated heterocycles. The zero-order valence-electron chi connectivity index (χ0n) is 12.3. The van der Waals surface area contributed by atoms with Gasteiger partial charge in [0.05, 0.1) is 17.0 Å². The van der Waals surface area contributed by atoms with Crippen LogP contribution in [0.2, 0.25) is 0 Å². The van der Waals surface area contributed by atoms with E-state index in [9.17, 15) is 9.18 Å². The second-order valence-corrected chi connectivity index (χ2v) is 5.32. The lowest BCUT2D eigenvalue weighted by atomic mass is 10.1. The molecule has 0 spiro atoms. The average Bonchev–Trinajstić information content (AvgIpc) is 3.08. The van der Waals surface area contributed by atoms with E-state index in [1.807, 2.05) is 35.7 Å². The van der Waals surface area contributed by atoms with Gasteiger partial charge in [-0.15, -0.1) is 0 Å². The van der Waals surface area contributed by atoms with E-state index in [1.165, 1.54) is 12.1 Å². The molecule has 4 aromatic rings. The number of pyridine rings is 1. The smallest absolute Gasteiger partial charge is 0.273 e. The fraction of sp³-hybridized carbons (Fsp3) is 0.0588. The van der Waals surface area contributed by atoms with Crippen LogP contribution in [0.4, 0.5) is 4.39 Å². The van der Waals surface area contributed by atoms with Crippen molar-refractivity contribution in [1.29, 1.82) is 0 Å². The van der Waals surface area contributed by atoms with E-state index in [1.54, 1.807) is 12.1 Å². The van der Waals surface area contributed by atoms with Crippen molar-refractivity contribution in [2.75, 3.05) is 0 Å². The van der Waals surface area contributed by atoms with Gasteiger partial charge in [0.15, 0.2) is 0 Å². The van der Waals surface area contributed by atoms with Gasteiger partial charge < -0.3 is 5.10 Å². The average molecular weight is 308 g/mol. The first-order chi connectivity index (χ1) is 11.1. The van der Waals surface area contributed by atoms with Crippen molar-refractivity contribution in [3.8, 4) is 22.5 Å². The minimum Gasteiger partial charge on any atom is -0.302 e. The van der Waals surface area contributed by atoms with E-state index in [4.69, 9.17) is 0 Å². The molecular weight excluding hydrogens is 295 g/mol. The number of aryl methyl sites for hydroxylation is 1. The van der Waals surface area contributed by atoms with Crippen LogP contribution in [0.15, 0.2) is 53.5 Å². The van der Waals surface area contributed by atoms with E-state index >= 15 is 0 Å². The number of hydrogen-bond donors (Lipinski definition) is 2. The summed E-state index contributed by atoms with van der Waals surface area (Å²) in [5.41, 5.74) is 3.85. The molecule has 1 aromatic carbocycles. The molecule has 0 saturated carbocycles. The van der Waals surface area contributed by atoms with Gasteiger partial charge in [-0.05, 0) is 43.3 Å². The predicted molar refractivity (Wildman–Crippen MR) is 85.7 cm³/mol. The summed E-state index contributed by atoms with van der Waals surface area (Å²) < 4.78 is 15.1. The molecule has 23 heavy (non-hydrogen) atoms. The lowest BCUT2D eigenvalue weighted by Crippen LogP contribution is -2.04. The van der Waals surface area contributed by atoms with Gasteiger partial charge in [-0.25, -0.2) is 9.37 Å². The molecule has 114 valence electrons. The molecule has 0 fully saturated rings. The number of nitrogens with zero attached hydrogens (tertiary/aromatic N) is 2. The number of aromatic nitrogens is 4. The summed E-state index contributed by atoms with van der Waals surface area (Å²) in [7, 11) is 0. The monoisotopic (exact) mass is 308 g/mol. The Bertz CT molecular complexity index is 1060. The number of hydrogen-bond acceptors (Lipinski definition) is 2. The molecule has 0 aliphatic carbocycles. The standard InChI is InChI=1S/C17H13FN4O/c1-10-14(17(23)21-20-10)16-15(11-5-7-12(18)8-6-11)19-13-4-2-3-9-22(13)16/h2-9H,1H3,(H2,20,21,23). The Balaban J connectivity index is 2.10. The maximum atomic E-state index is 13.2. The third-order valence-corrected chi connectivity index (χ3v) is 3.85. The van der Waals surface area contributed by atoms with Gasteiger partial charge in [0.25, 0.3) is 5.56 Å². The quantitative estimate of drug-likeness (QED) is 0.597. The number of H-pyrrole nitrogens is 2. The van der Waals surface area contributed by atoms with Crippen LogP contribution in [0.1, 0.15) is 5.69 Å². The van der Waals surface area contributed by atoms with Crippen molar-refractivity contribution in [3.63, 3.8) is 0 Å². The molecule has 2 N–H and O–H groups in total. The third kappa shape index (κ3) is 2.07. The summed E-state index contributed by atoms with van der Waals surface area (Å²) in [6, 6.07) is 11.7. The van der Waals surface area contributed by atoms with Crippen LogP contribution < -0.4 is 5.56 Å². The largest absolute Gasteiger partial charge is 0.302 e. The maximum Gasteiger partial charge on any atom is 0.273 e. The first-order valence-electron chi connectivity index (χ1n) is 7.16. The van der Waals surface area contributed by atoms with Crippen LogP contribution in [0.25, 0.3) is 28.2 Å². The first kappa shape index (κ1) is 13.5. The zero-order valence-corrected chi connectivity index (χ0v) is 12.3. The Morgan fingerprint density at radius 1 is 1.09 bits per heavy atom. The molecule has 3 aromatic heterocycles. The number of rotatable bonds is 2. The van der Waals surface area contributed by atoms with Gasteiger partial charge in [-0.1, -0.05) is 6.07 Å². The molecule has 0 bridgehead atoms. The van der Waals surface area contributed by atoms with Gasteiger partial charge in [0.1, 0.15) is 11.5 Å². The Hall–Kier alpha value is -3.15. The molecule has 0 amide bonds. The summed E-state index contributed by atoms with van der Waals surface area (Å²) in [5.74, 6) is -0.310. The highest BCUT2D eigenvalue weighted by atomic mass is 19.1. The van der Waals surface area contributed by atoms with Crippen molar-refractivity contribution in [2.24, 2.45) is 0 Å². The summed E-state index contributed by atoms with van der Waals surface area (Å²) in [5, 5.41) is 5.44. The number of halogens is 1. The summed E-state index contributed by atoms with van der Waals surface area (Å²) in [6.45, 7) is 1.82. The summed E-state index contributed by atoms with van der Waals surface area (Å²) in [6.07, 6.45) is 1.86. The highest BCUT2D eigenvalue weighted by Crippen LogP contribution is 2.32. The van der Waals surface area contributed by atoms with Gasteiger partial charge in [0.2, 0.25) is 0 Å². The SMILES string of the molecule is Cc1[nH][nH]c(=O)c1-c1c(-c2ccc(F)cc2)nc2ccccn12. The Labute approximate surface area is 130 Å². The first-order valence-corrected chi connectivity index (χ1v) is 7.16. The minimum absolute atomic E-state index is 0.212. The molecule has 4 rings (SSSR count). The number of benzene rings is 1. The van der Waals surface area contributed by atoms with Crippen LogP contribution in [0.5, 0.6) is 0 Å².